The van der Waals surface area contributed by atoms with Crippen molar-refractivity contribution in [1.29, 1.82) is 0 Å². The van der Waals surface area contributed by atoms with Gasteiger partial charge in [-0.2, -0.15) is 0 Å². The van der Waals surface area contributed by atoms with Gasteiger partial charge in [0, 0.05) is 11.6 Å². The summed E-state index contributed by atoms with van der Waals surface area (Å²) in [4.78, 5) is 30.7. The molecule has 29 heavy (non-hydrogen) atoms. The number of nitrogens with zero attached hydrogens (tertiary/aromatic N) is 2. The highest BCUT2D eigenvalue weighted by atomic mass is 16.6. The lowest BCUT2D eigenvalue weighted by molar-refractivity contribution is -0.385. The van der Waals surface area contributed by atoms with Crippen LogP contribution in [0.1, 0.15) is 0 Å². The minimum Gasteiger partial charge on any atom is -0.477 e. The predicted molar refractivity (Wildman–Crippen MR) is 109 cm³/mol. The summed E-state index contributed by atoms with van der Waals surface area (Å²) in [5.41, 5.74) is 2.81. The molecule has 2 N–H and O–H groups in total. The maximum Gasteiger partial charge on any atom is 0.310 e. The van der Waals surface area contributed by atoms with Gasteiger partial charge in [-0.1, -0.05) is 36.4 Å². The van der Waals surface area contributed by atoms with Crippen LogP contribution in [-0.2, 0) is 4.79 Å². The van der Waals surface area contributed by atoms with E-state index >= 15 is 0 Å². The number of ether oxygens (including phenoxy) is 1. The summed E-state index contributed by atoms with van der Waals surface area (Å²) in [6.07, 6.45) is 0. The van der Waals surface area contributed by atoms with Gasteiger partial charge in [0.25, 0.3) is 5.91 Å². The van der Waals surface area contributed by atoms with E-state index < -0.39 is 10.8 Å². The van der Waals surface area contributed by atoms with Crippen LogP contribution < -0.4 is 10.1 Å². The number of carbonyl (C=O) groups is 1. The van der Waals surface area contributed by atoms with Crippen molar-refractivity contribution in [2.45, 2.75) is 0 Å². The highest BCUT2D eigenvalue weighted by molar-refractivity contribution is 5.96. The molecule has 144 valence electrons. The van der Waals surface area contributed by atoms with Crippen molar-refractivity contribution < 1.29 is 14.5 Å². The second-order valence-electron chi connectivity index (χ2n) is 6.21. The van der Waals surface area contributed by atoms with Gasteiger partial charge in [0.1, 0.15) is 5.82 Å². The third-order valence-electron chi connectivity index (χ3n) is 4.27. The summed E-state index contributed by atoms with van der Waals surface area (Å²) < 4.78 is 5.35. The molecule has 0 aliphatic rings. The number of imidazole rings is 1. The molecule has 0 saturated heterocycles. The molecule has 1 aromatic heterocycles. The lowest BCUT2D eigenvalue weighted by Crippen LogP contribution is -2.20. The molecule has 0 unspecified atom stereocenters. The van der Waals surface area contributed by atoms with Crippen LogP contribution in [0.15, 0.2) is 72.8 Å². The molecule has 0 radical (unpaired) electrons. The monoisotopic (exact) mass is 388 g/mol. The van der Waals surface area contributed by atoms with E-state index in [1.54, 1.807) is 18.2 Å². The van der Waals surface area contributed by atoms with Crippen molar-refractivity contribution in [2.24, 2.45) is 0 Å². The molecule has 8 nitrogen and oxygen atoms in total. The molecule has 1 heterocycles. The zero-order chi connectivity index (χ0) is 20.2. The Bertz CT molecular complexity index is 1170. The van der Waals surface area contributed by atoms with Crippen molar-refractivity contribution in [3.63, 3.8) is 0 Å². The number of nitro groups is 1. The SMILES string of the molecule is O=C(COc1ccccc1[N+](=O)[O-])Nc1ccccc1-c1nc2ccccc2[nH]1. The number of aromatic amines is 1. The number of nitro benzene ring substituents is 1. The van der Waals surface area contributed by atoms with E-state index in [9.17, 15) is 14.9 Å². The van der Waals surface area contributed by atoms with Gasteiger partial charge >= 0.3 is 5.69 Å². The summed E-state index contributed by atoms with van der Waals surface area (Å²) in [6.45, 7) is -0.362. The van der Waals surface area contributed by atoms with Crippen molar-refractivity contribution in [2.75, 3.05) is 11.9 Å². The molecule has 0 aliphatic heterocycles. The number of para-hydroxylation sites is 5. The number of H-pyrrole nitrogens is 1. The molecule has 0 aliphatic carbocycles. The fraction of sp³-hybridized carbons (Fsp3) is 0.0476. The van der Waals surface area contributed by atoms with Gasteiger partial charge in [0.2, 0.25) is 0 Å². The Morgan fingerprint density at radius 1 is 1.03 bits per heavy atom. The fourth-order valence-corrected chi connectivity index (χ4v) is 2.94. The highest BCUT2D eigenvalue weighted by Gasteiger charge is 2.16. The minimum absolute atomic E-state index is 0.0400. The second-order valence-corrected chi connectivity index (χ2v) is 6.21. The van der Waals surface area contributed by atoms with E-state index in [-0.39, 0.29) is 18.0 Å². The van der Waals surface area contributed by atoms with Gasteiger partial charge in [-0.05, 0) is 30.3 Å². The number of aromatic nitrogens is 2. The fourth-order valence-electron chi connectivity index (χ4n) is 2.94. The van der Waals surface area contributed by atoms with Gasteiger partial charge in [-0.25, -0.2) is 4.98 Å². The molecule has 0 atom stereocenters. The number of amides is 1. The zero-order valence-corrected chi connectivity index (χ0v) is 15.2. The number of hydrogen-bond acceptors (Lipinski definition) is 5. The van der Waals surface area contributed by atoms with Gasteiger partial charge in [-0.3, -0.25) is 14.9 Å². The maximum atomic E-state index is 12.4. The van der Waals surface area contributed by atoms with Crippen LogP contribution in [0.2, 0.25) is 0 Å². The quantitative estimate of drug-likeness (QED) is 0.381. The molecule has 1 amide bonds. The Morgan fingerprint density at radius 3 is 2.59 bits per heavy atom. The van der Waals surface area contributed by atoms with Crippen LogP contribution in [-0.4, -0.2) is 27.4 Å². The van der Waals surface area contributed by atoms with Gasteiger partial charge in [-0.15, -0.1) is 0 Å². The topological polar surface area (TPSA) is 110 Å². The minimum atomic E-state index is -0.551. The van der Waals surface area contributed by atoms with Crippen LogP contribution in [0.5, 0.6) is 5.75 Å². The number of carbonyl (C=O) groups excluding carboxylic acids is 1. The maximum absolute atomic E-state index is 12.4. The standard InChI is InChI=1S/C21H16N4O4/c26-20(13-29-19-12-6-5-11-18(19)25(27)28)22-15-8-2-1-7-14(15)21-23-16-9-3-4-10-17(16)24-21/h1-12H,13H2,(H,22,26)(H,23,24). The van der Waals surface area contributed by atoms with E-state index in [2.05, 4.69) is 15.3 Å². The lowest BCUT2D eigenvalue weighted by atomic mass is 10.1. The Hall–Kier alpha value is -4.20. The number of anilines is 1. The number of rotatable bonds is 6. The summed E-state index contributed by atoms with van der Waals surface area (Å²) in [6, 6.07) is 20.8. The first-order valence-corrected chi connectivity index (χ1v) is 8.82. The van der Waals surface area contributed by atoms with Gasteiger partial charge in [0.05, 0.1) is 21.6 Å². The largest absolute Gasteiger partial charge is 0.477 e. The molecular weight excluding hydrogens is 372 g/mol. The third-order valence-corrected chi connectivity index (χ3v) is 4.27. The molecule has 0 spiro atoms. The van der Waals surface area contributed by atoms with Crippen LogP contribution >= 0.6 is 0 Å². The molecule has 0 saturated carbocycles. The van der Waals surface area contributed by atoms with E-state index in [1.807, 2.05) is 36.4 Å². The third kappa shape index (κ3) is 3.91. The van der Waals surface area contributed by atoms with E-state index in [0.29, 0.717) is 11.5 Å². The van der Waals surface area contributed by atoms with Crippen molar-refractivity contribution in [3.05, 3.63) is 82.9 Å². The molecular formula is C21H16N4O4. The molecule has 8 heteroatoms. The Balaban J connectivity index is 1.52. The van der Waals surface area contributed by atoms with E-state index in [0.717, 1.165) is 16.6 Å². The van der Waals surface area contributed by atoms with E-state index in [4.69, 9.17) is 4.74 Å². The number of nitrogens with one attached hydrogen (secondary N) is 2. The molecule has 3 aromatic carbocycles. The van der Waals surface area contributed by atoms with E-state index in [1.165, 1.54) is 18.2 Å². The Labute approximate surface area is 165 Å². The van der Waals surface area contributed by atoms with Crippen LogP contribution in [0, 0.1) is 10.1 Å². The first kappa shape index (κ1) is 18.2. The first-order chi connectivity index (χ1) is 14.1. The van der Waals surface area contributed by atoms with Crippen LogP contribution in [0.3, 0.4) is 0 Å². The Kier molecular flexibility index (Phi) is 4.90. The van der Waals surface area contributed by atoms with Crippen molar-refractivity contribution in [1.82, 2.24) is 9.97 Å². The summed E-state index contributed by atoms with van der Waals surface area (Å²) in [5, 5.41) is 13.8. The number of benzene rings is 3. The summed E-state index contributed by atoms with van der Waals surface area (Å²) in [7, 11) is 0. The Morgan fingerprint density at radius 2 is 1.76 bits per heavy atom. The second kappa shape index (κ2) is 7.81. The van der Waals surface area contributed by atoms with Gasteiger partial charge in [0.15, 0.2) is 12.4 Å². The van der Waals surface area contributed by atoms with Crippen LogP contribution in [0.4, 0.5) is 11.4 Å². The molecule has 0 fully saturated rings. The number of hydrogen-bond donors (Lipinski definition) is 2. The summed E-state index contributed by atoms with van der Waals surface area (Å²) >= 11 is 0. The average Bonchev–Trinajstić information content (AvgIpc) is 3.17. The normalized spacial score (nSPS) is 10.6. The predicted octanol–water partition coefficient (Wildman–Crippen LogP) is 4.16. The van der Waals surface area contributed by atoms with Crippen molar-refractivity contribution >= 4 is 28.3 Å². The van der Waals surface area contributed by atoms with Crippen LogP contribution in [0.25, 0.3) is 22.4 Å². The van der Waals surface area contributed by atoms with Crippen molar-refractivity contribution in [3.8, 4) is 17.1 Å². The highest BCUT2D eigenvalue weighted by Crippen LogP contribution is 2.28. The summed E-state index contributed by atoms with van der Waals surface area (Å²) in [5.74, 6) is 0.228. The molecule has 4 aromatic rings. The average molecular weight is 388 g/mol. The first-order valence-electron chi connectivity index (χ1n) is 8.82. The zero-order valence-electron chi connectivity index (χ0n) is 15.2. The smallest absolute Gasteiger partial charge is 0.310 e. The number of fused-ring (bicyclic) bond motifs is 1. The molecule has 4 rings (SSSR count). The molecule has 0 bridgehead atoms. The van der Waals surface area contributed by atoms with Gasteiger partial charge < -0.3 is 15.0 Å². The lowest BCUT2D eigenvalue weighted by Gasteiger charge is -2.10.